The van der Waals surface area contributed by atoms with Crippen molar-refractivity contribution in [2.45, 2.75) is 70.8 Å². The van der Waals surface area contributed by atoms with E-state index in [0.717, 1.165) is 12.5 Å². The van der Waals surface area contributed by atoms with E-state index in [-0.39, 0.29) is 5.54 Å². The number of hydrogen-bond donors (Lipinski definition) is 1. The van der Waals surface area contributed by atoms with E-state index >= 15 is 0 Å². The minimum atomic E-state index is 0.184. The lowest BCUT2D eigenvalue weighted by Crippen LogP contribution is -2.49. The van der Waals surface area contributed by atoms with Gasteiger partial charge in [-0.1, -0.05) is 26.7 Å². The van der Waals surface area contributed by atoms with Crippen LogP contribution < -0.4 is 5.32 Å². The summed E-state index contributed by atoms with van der Waals surface area (Å²) in [6, 6.07) is 0. The third-order valence-corrected chi connectivity index (χ3v) is 6.30. The molecule has 2 atom stereocenters. The first-order chi connectivity index (χ1) is 9.26. The lowest BCUT2D eigenvalue weighted by Gasteiger charge is -2.42. The molecule has 106 valence electrons. The first kappa shape index (κ1) is 13.6. The molecule has 1 saturated carbocycles. The van der Waals surface area contributed by atoms with Gasteiger partial charge in [0.15, 0.2) is 0 Å². The van der Waals surface area contributed by atoms with Crippen LogP contribution in [0.25, 0.3) is 0 Å². The normalized spacial score (nSPS) is 30.5. The van der Waals surface area contributed by atoms with Gasteiger partial charge in [0.2, 0.25) is 0 Å². The summed E-state index contributed by atoms with van der Waals surface area (Å²) in [5.41, 5.74) is 1.60. The van der Waals surface area contributed by atoms with Crippen molar-refractivity contribution in [3.63, 3.8) is 0 Å². The molecule has 1 aromatic heterocycles. The van der Waals surface area contributed by atoms with Crippen molar-refractivity contribution in [2.24, 2.45) is 5.92 Å². The topological polar surface area (TPSA) is 24.9 Å². The predicted octanol–water partition coefficient (Wildman–Crippen LogP) is 4.04. The van der Waals surface area contributed by atoms with E-state index in [1.165, 1.54) is 62.1 Å². The molecule has 2 aliphatic carbocycles. The zero-order valence-electron chi connectivity index (χ0n) is 12.3. The molecular formula is C16H26N2S. The predicted molar refractivity (Wildman–Crippen MR) is 81.7 cm³/mol. The van der Waals surface area contributed by atoms with Crippen LogP contribution in [0.1, 0.15) is 68.0 Å². The molecule has 1 heterocycles. The lowest BCUT2D eigenvalue weighted by molar-refractivity contribution is 0.153. The Bertz CT molecular complexity index is 418. The number of aromatic nitrogens is 1. The van der Waals surface area contributed by atoms with Gasteiger partial charge in [0.05, 0.1) is 11.2 Å². The average molecular weight is 278 g/mol. The van der Waals surface area contributed by atoms with Gasteiger partial charge < -0.3 is 5.32 Å². The van der Waals surface area contributed by atoms with Crippen LogP contribution in [0.2, 0.25) is 0 Å². The Balaban J connectivity index is 1.92. The van der Waals surface area contributed by atoms with Crippen LogP contribution in [0.3, 0.4) is 0 Å². The van der Waals surface area contributed by atoms with Crippen LogP contribution in [-0.2, 0) is 18.4 Å². The molecule has 0 bridgehead atoms. The van der Waals surface area contributed by atoms with E-state index in [4.69, 9.17) is 4.98 Å². The SMILES string of the molecule is CCCNC1(c2nc3c(s2)CCC3)CCCCC1C. The molecule has 0 saturated heterocycles. The molecule has 3 heteroatoms. The maximum absolute atomic E-state index is 5.05. The average Bonchev–Trinajstić information content (AvgIpc) is 2.99. The molecule has 0 amide bonds. The molecule has 2 unspecified atom stereocenters. The summed E-state index contributed by atoms with van der Waals surface area (Å²) in [5.74, 6) is 0.721. The second-order valence-corrected chi connectivity index (χ2v) is 7.37. The maximum atomic E-state index is 5.05. The van der Waals surface area contributed by atoms with E-state index in [1.54, 1.807) is 4.88 Å². The fourth-order valence-electron chi connectivity index (χ4n) is 3.73. The molecule has 0 spiro atoms. The van der Waals surface area contributed by atoms with Gasteiger partial charge in [-0.05, 0) is 51.0 Å². The van der Waals surface area contributed by atoms with Gasteiger partial charge in [-0.3, -0.25) is 0 Å². The lowest BCUT2D eigenvalue weighted by atomic mass is 9.74. The van der Waals surface area contributed by atoms with Crippen molar-refractivity contribution in [3.05, 3.63) is 15.6 Å². The summed E-state index contributed by atoms with van der Waals surface area (Å²) in [6.45, 7) is 5.80. The number of nitrogens with one attached hydrogen (secondary N) is 1. The summed E-state index contributed by atoms with van der Waals surface area (Å²) < 4.78 is 0. The van der Waals surface area contributed by atoms with Gasteiger partial charge in [-0.25, -0.2) is 4.98 Å². The molecule has 1 N–H and O–H groups in total. The first-order valence-corrected chi connectivity index (χ1v) is 8.82. The Morgan fingerprint density at radius 1 is 1.32 bits per heavy atom. The summed E-state index contributed by atoms with van der Waals surface area (Å²) in [7, 11) is 0. The van der Waals surface area contributed by atoms with Gasteiger partial charge >= 0.3 is 0 Å². The van der Waals surface area contributed by atoms with Crippen molar-refractivity contribution in [1.82, 2.24) is 10.3 Å². The Morgan fingerprint density at radius 2 is 2.21 bits per heavy atom. The zero-order chi connectivity index (χ0) is 13.3. The molecule has 1 aromatic rings. The largest absolute Gasteiger partial charge is 0.305 e. The van der Waals surface area contributed by atoms with Crippen LogP contribution in [0.4, 0.5) is 0 Å². The zero-order valence-corrected chi connectivity index (χ0v) is 13.1. The number of nitrogens with zero attached hydrogens (tertiary/aromatic N) is 1. The van der Waals surface area contributed by atoms with Gasteiger partial charge in [-0.15, -0.1) is 11.3 Å². The highest BCUT2D eigenvalue weighted by molar-refractivity contribution is 7.12. The van der Waals surface area contributed by atoms with Crippen molar-refractivity contribution >= 4 is 11.3 Å². The molecular weight excluding hydrogens is 252 g/mol. The van der Waals surface area contributed by atoms with E-state index < -0.39 is 0 Å². The van der Waals surface area contributed by atoms with Crippen LogP contribution in [0, 0.1) is 5.92 Å². The molecule has 1 fully saturated rings. The Morgan fingerprint density at radius 3 is 2.95 bits per heavy atom. The monoisotopic (exact) mass is 278 g/mol. The third kappa shape index (κ3) is 2.36. The van der Waals surface area contributed by atoms with Gasteiger partial charge in [0.1, 0.15) is 5.01 Å². The highest BCUT2D eigenvalue weighted by Gasteiger charge is 2.42. The second-order valence-electron chi connectivity index (χ2n) is 6.29. The third-order valence-electron chi connectivity index (χ3n) is 4.97. The Labute approximate surface area is 121 Å². The van der Waals surface area contributed by atoms with E-state index in [1.807, 2.05) is 11.3 Å². The molecule has 0 aliphatic heterocycles. The highest BCUT2D eigenvalue weighted by atomic mass is 32.1. The van der Waals surface area contributed by atoms with Crippen LogP contribution in [0.5, 0.6) is 0 Å². The standard InChI is InChI=1S/C16H26N2S/c1-3-11-17-16(10-5-4-7-12(16)2)15-18-13-8-6-9-14(13)19-15/h12,17H,3-11H2,1-2H3. The van der Waals surface area contributed by atoms with Gasteiger partial charge in [0, 0.05) is 4.88 Å². The quantitative estimate of drug-likeness (QED) is 0.899. The van der Waals surface area contributed by atoms with Crippen molar-refractivity contribution in [1.29, 1.82) is 0 Å². The summed E-state index contributed by atoms with van der Waals surface area (Å²) >= 11 is 2.01. The van der Waals surface area contributed by atoms with E-state index in [9.17, 15) is 0 Å². The molecule has 3 rings (SSSR count). The van der Waals surface area contributed by atoms with E-state index in [2.05, 4.69) is 19.2 Å². The summed E-state index contributed by atoms with van der Waals surface area (Å²) in [6.07, 6.45) is 10.4. The smallest absolute Gasteiger partial charge is 0.114 e. The Hall–Kier alpha value is -0.410. The summed E-state index contributed by atoms with van der Waals surface area (Å²) in [5, 5.41) is 5.29. The fourth-order valence-corrected chi connectivity index (χ4v) is 5.19. The van der Waals surface area contributed by atoms with E-state index in [0.29, 0.717) is 0 Å². The number of aryl methyl sites for hydroxylation is 2. The molecule has 19 heavy (non-hydrogen) atoms. The number of thiazole rings is 1. The number of rotatable bonds is 4. The first-order valence-electron chi connectivity index (χ1n) is 8.00. The second kappa shape index (κ2) is 5.53. The molecule has 0 radical (unpaired) electrons. The van der Waals surface area contributed by atoms with Crippen LogP contribution in [-0.4, -0.2) is 11.5 Å². The number of hydrogen-bond acceptors (Lipinski definition) is 3. The Kier molecular flexibility index (Phi) is 3.95. The van der Waals surface area contributed by atoms with Gasteiger partial charge in [-0.2, -0.15) is 0 Å². The molecule has 2 aliphatic rings. The highest BCUT2D eigenvalue weighted by Crippen LogP contribution is 2.44. The minimum absolute atomic E-state index is 0.184. The fraction of sp³-hybridized carbons (Fsp3) is 0.812. The van der Waals surface area contributed by atoms with Crippen LogP contribution >= 0.6 is 11.3 Å². The van der Waals surface area contributed by atoms with Crippen LogP contribution in [0.15, 0.2) is 0 Å². The minimum Gasteiger partial charge on any atom is -0.305 e. The van der Waals surface area contributed by atoms with Crippen molar-refractivity contribution in [3.8, 4) is 0 Å². The van der Waals surface area contributed by atoms with Crippen molar-refractivity contribution < 1.29 is 0 Å². The maximum Gasteiger partial charge on any atom is 0.114 e. The van der Waals surface area contributed by atoms with Gasteiger partial charge in [0.25, 0.3) is 0 Å². The molecule has 2 nitrogen and oxygen atoms in total. The molecule has 0 aromatic carbocycles. The van der Waals surface area contributed by atoms with Crippen molar-refractivity contribution in [2.75, 3.05) is 6.54 Å². The summed E-state index contributed by atoms with van der Waals surface area (Å²) in [4.78, 5) is 6.62. The number of fused-ring (bicyclic) bond motifs is 1.